The van der Waals surface area contributed by atoms with Gasteiger partial charge in [-0.15, -0.1) is 11.3 Å². The molecule has 2 unspecified atom stereocenters. The Balaban J connectivity index is 1.36. The van der Waals surface area contributed by atoms with E-state index >= 15 is 0 Å². The Hall–Kier alpha value is -3.11. The number of carboxylic acids is 1. The monoisotopic (exact) mass is 496 g/mol. The summed E-state index contributed by atoms with van der Waals surface area (Å²) in [4.78, 5) is 48.4. The lowest BCUT2D eigenvalue weighted by Crippen LogP contribution is -2.51. The number of carbonyl (C=O) groups is 2. The van der Waals surface area contributed by atoms with Crippen molar-refractivity contribution in [2.75, 3.05) is 18.0 Å². The van der Waals surface area contributed by atoms with Gasteiger partial charge in [0.25, 0.3) is 0 Å². The second-order valence-corrected chi connectivity index (χ2v) is 10.3. The van der Waals surface area contributed by atoms with E-state index in [1.54, 1.807) is 29.1 Å². The standard InChI is InChI=1S/C25H28N4O5S/c1-14-10-20(28-11-16(12-28)19(30)7-6-17-5-3-4-15(2)34-17)27-23-21(14)22(31)18(24(32)33)13-29(23)25-26-8-9-35-25/h8-10,13,15-17H,3-7,11-12H2,1-2H3,(H,32,33). The fourth-order valence-corrected chi connectivity index (χ4v) is 5.58. The summed E-state index contributed by atoms with van der Waals surface area (Å²) in [5.74, 6) is -0.408. The summed E-state index contributed by atoms with van der Waals surface area (Å²) >= 11 is 1.33. The zero-order valence-electron chi connectivity index (χ0n) is 19.8. The van der Waals surface area contributed by atoms with Crippen molar-refractivity contribution in [3.8, 4) is 5.13 Å². The van der Waals surface area contributed by atoms with E-state index in [1.165, 1.54) is 17.5 Å². The molecule has 3 aromatic heterocycles. The number of aromatic carboxylic acids is 1. The largest absolute Gasteiger partial charge is 0.477 e. The van der Waals surface area contributed by atoms with E-state index in [9.17, 15) is 19.5 Å². The highest BCUT2D eigenvalue weighted by Crippen LogP contribution is 2.30. The number of aryl methyl sites for hydroxylation is 1. The van der Waals surface area contributed by atoms with Gasteiger partial charge in [0.2, 0.25) is 5.43 Å². The number of thiazole rings is 1. The molecule has 0 radical (unpaired) electrons. The Morgan fingerprint density at radius 2 is 2.09 bits per heavy atom. The van der Waals surface area contributed by atoms with E-state index in [0.717, 1.165) is 25.7 Å². The van der Waals surface area contributed by atoms with Crippen molar-refractivity contribution >= 4 is 39.9 Å². The number of carbonyl (C=O) groups excluding carboxylic acids is 1. The van der Waals surface area contributed by atoms with Crippen molar-refractivity contribution in [1.82, 2.24) is 14.5 Å². The molecule has 2 fully saturated rings. The van der Waals surface area contributed by atoms with Crippen LogP contribution in [0.5, 0.6) is 0 Å². The maximum absolute atomic E-state index is 12.9. The van der Waals surface area contributed by atoms with Gasteiger partial charge in [-0.1, -0.05) is 0 Å². The molecule has 2 atom stereocenters. The van der Waals surface area contributed by atoms with Gasteiger partial charge < -0.3 is 14.7 Å². The van der Waals surface area contributed by atoms with Crippen LogP contribution in [0, 0.1) is 12.8 Å². The third-order valence-corrected chi connectivity index (χ3v) is 7.70. The number of Topliss-reactive ketones (excluding diaryl/α,β-unsaturated/α-hetero) is 1. The molecule has 10 heteroatoms. The van der Waals surface area contributed by atoms with Gasteiger partial charge >= 0.3 is 5.97 Å². The molecule has 3 aromatic rings. The van der Waals surface area contributed by atoms with Crippen molar-refractivity contribution in [1.29, 1.82) is 0 Å². The third-order valence-electron chi connectivity index (χ3n) is 6.93. The summed E-state index contributed by atoms with van der Waals surface area (Å²) in [5, 5.41) is 12.1. The Bertz CT molecular complexity index is 1330. The molecular weight excluding hydrogens is 468 g/mol. The van der Waals surface area contributed by atoms with Crippen LogP contribution in [-0.2, 0) is 9.53 Å². The fourth-order valence-electron chi connectivity index (χ4n) is 4.96. The topological polar surface area (TPSA) is 115 Å². The first-order valence-electron chi connectivity index (χ1n) is 11.9. The van der Waals surface area contributed by atoms with E-state index in [2.05, 4.69) is 11.9 Å². The van der Waals surface area contributed by atoms with E-state index < -0.39 is 11.4 Å². The van der Waals surface area contributed by atoms with Crippen LogP contribution in [-0.4, -0.2) is 56.7 Å². The molecule has 0 aliphatic carbocycles. The summed E-state index contributed by atoms with van der Waals surface area (Å²) in [5.41, 5.74) is 0.120. The van der Waals surface area contributed by atoms with Crippen molar-refractivity contribution in [2.24, 2.45) is 5.92 Å². The number of carboxylic acid groups (broad SMARTS) is 1. The van der Waals surface area contributed by atoms with Gasteiger partial charge in [0.05, 0.1) is 23.5 Å². The normalized spacial score (nSPS) is 20.7. The molecule has 0 spiro atoms. The lowest BCUT2D eigenvalue weighted by atomic mass is 9.90. The lowest BCUT2D eigenvalue weighted by Gasteiger charge is -2.39. The summed E-state index contributed by atoms with van der Waals surface area (Å²) in [7, 11) is 0. The Labute approximate surface area is 206 Å². The van der Waals surface area contributed by atoms with E-state index in [1.807, 2.05) is 4.90 Å². The van der Waals surface area contributed by atoms with Gasteiger partial charge in [-0.25, -0.2) is 14.8 Å². The van der Waals surface area contributed by atoms with E-state index in [-0.39, 0.29) is 34.9 Å². The lowest BCUT2D eigenvalue weighted by molar-refractivity contribution is -0.125. The summed E-state index contributed by atoms with van der Waals surface area (Å²) in [6.07, 6.45) is 7.95. The van der Waals surface area contributed by atoms with Gasteiger partial charge in [0.15, 0.2) is 10.8 Å². The second-order valence-electron chi connectivity index (χ2n) is 9.46. The van der Waals surface area contributed by atoms with Crippen LogP contribution in [0.2, 0.25) is 0 Å². The van der Waals surface area contributed by atoms with Crippen LogP contribution in [0.3, 0.4) is 0 Å². The number of rotatable bonds is 7. The van der Waals surface area contributed by atoms with Crippen molar-refractivity contribution in [3.05, 3.63) is 45.2 Å². The van der Waals surface area contributed by atoms with Crippen LogP contribution in [0.1, 0.15) is 54.9 Å². The minimum absolute atomic E-state index is 0.0376. The highest BCUT2D eigenvalue weighted by atomic mass is 32.1. The number of aromatic nitrogens is 3. The number of anilines is 1. The zero-order chi connectivity index (χ0) is 24.7. The third kappa shape index (κ3) is 4.60. The van der Waals surface area contributed by atoms with Gasteiger partial charge in [-0.05, 0) is 51.2 Å². The molecule has 2 aliphatic heterocycles. The Kier molecular flexibility index (Phi) is 6.41. The number of hydrogen-bond acceptors (Lipinski definition) is 8. The second kappa shape index (κ2) is 9.50. The van der Waals surface area contributed by atoms with Crippen LogP contribution < -0.4 is 10.3 Å². The highest BCUT2D eigenvalue weighted by molar-refractivity contribution is 7.12. The molecule has 0 saturated carbocycles. The SMILES string of the molecule is Cc1cc(N2CC(C(=O)CCC3CCCC(C)O3)C2)nc2c1c(=O)c(C(=O)O)cn2-c1nccs1. The van der Waals surface area contributed by atoms with Crippen LogP contribution in [0.4, 0.5) is 5.82 Å². The number of pyridine rings is 2. The number of fused-ring (bicyclic) bond motifs is 1. The maximum Gasteiger partial charge on any atom is 0.341 e. The molecular formula is C25H28N4O5S. The minimum atomic E-state index is -1.29. The first-order chi connectivity index (χ1) is 16.8. The van der Waals surface area contributed by atoms with Crippen molar-refractivity contribution < 1.29 is 19.4 Å². The number of ether oxygens (including phenoxy) is 1. The molecule has 2 saturated heterocycles. The van der Waals surface area contributed by atoms with Crippen LogP contribution in [0.15, 0.2) is 28.6 Å². The predicted octanol–water partition coefficient (Wildman–Crippen LogP) is 3.59. The Morgan fingerprint density at radius 1 is 1.29 bits per heavy atom. The van der Waals surface area contributed by atoms with Crippen molar-refractivity contribution in [2.45, 2.75) is 58.2 Å². The fraction of sp³-hybridized carbons (Fsp3) is 0.480. The summed E-state index contributed by atoms with van der Waals surface area (Å²) in [6.45, 7) is 5.02. The zero-order valence-corrected chi connectivity index (χ0v) is 20.6. The van der Waals surface area contributed by atoms with E-state index in [4.69, 9.17) is 9.72 Å². The first kappa shape index (κ1) is 23.6. The minimum Gasteiger partial charge on any atom is -0.477 e. The van der Waals surface area contributed by atoms with Gasteiger partial charge in [-0.2, -0.15) is 0 Å². The highest BCUT2D eigenvalue weighted by Gasteiger charge is 2.34. The average Bonchev–Trinajstić information content (AvgIpc) is 3.31. The molecule has 1 N–H and O–H groups in total. The predicted molar refractivity (Wildman–Crippen MR) is 133 cm³/mol. The van der Waals surface area contributed by atoms with Gasteiger partial charge in [0.1, 0.15) is 17.2 Å². The maximum atomic E-state index is 12.9. The quantitative estimate of drug-likeness (QED) is 0.528. The molecule has 9 nitrogen and oxygen atoms in total. The average molecular weight is 497 g/mol. The molecule has 5 heterocycles. The van der Waals surface area contributed by atoms with Crippen LogP contribution in [0.25, 0.3) is 16.2 Å². The summed E-state index contributed by atoms with van der Waals surface area (Å²) < 4.78 is 7.51. The van der Waals surface area contributed by atoms with Gasteiger partial charge in [0, 0.05) is 37.3 Å². The Morgan fingerprint density at radius 3 is 2.77 bits per heavy atom. The number of hydrogen-bond donors (Lipinski definition) is 1. The number of ketones is 1. The first-order valence-corrected chi connectivity index (χ1v) is 12.8. The molecule has 0 amide bonds. The smallest absolute Gasteiger partial charge is 0.341 e. The van der Waals surface area contributed by atoms with Crippen LogP contribution >= 0.6 is 11.3 Å². The van der Waals surface area contributed by atoms with Gasteiger partial charge in [-0.3, -0.25) is 14.2 Å². The summed E-state index contributed by atoms with van der Waals surface area (Å²) in [6, 6.07) is 1.79. The van der Waals surface area contributed by atoms with Crippen molar-refractivity contribution in [3.63, 3.8) is 0 Å². The molecule has 184 valence electrons. The molecule has 0 bridgehead atoms. The molecule has 0 aromatic carbocycles. The van der Waals surface area contributed by atoms with E-state index in [0.29, 0.717) is 41.7 Å². The molecule has 35 heavy (non-hydrogen) atoms. The molecule has 5 rings (SSSR count). The number of nitrogens with zero attached hydrogens (tertiary/aromatic N) is 4. The molecule has 2 aliphatic rings.